The molecule has 1 heterocycles. The molecule has 0 radical (unpaired) electrons. The topological polar surface area (TPSA) is 83.6 Å². The van der Waals surface area contributed by atoms with Gasteiger partial charge in [0.1, 0.15) is 6.04 Å². The Morgan fingerprint density at radius 3 is 2.44 bits per heavy atom. The molecule has 3 fully saturated rings. The van der Waals surface area contributed by atoms with Gasteiger partial charge in [0.25, 0.3) is 0 Å². The lowest BCUT2D eigenvalue weighted by molar-refractivity contribution is -0.153. The second-order valence-electron chi connectivity index (χ2n) is 5.64. The lowest BCUT2D eigenvalue weighted by Gasteiger charge is -2.42. The summed E-state index contributed by atoms with van der Waals surface area (Å²) in [6.07, 6.45) is 4.55. The van der Waals surface area contributed by atoms with Gasteiger partial charge in [-0.3, -0.25) is 4.79 Å². The summed E-state index contributed by atoms with van der Waals surface area (Å²) in [5, 5.41) is 9.30. The average Bonchev–Trinajstić information content (AvgIpc) is 3.03. The zero-order valence-electron chi connectivity index (χ0n) is 10.2. The van der Waals surface area contributed by atoms with Gasteiger partial charge < -0.3 is 15.7 Å². The molecule has 2 aliphatic carbocycles. The number of amides is 1. The Morgan fingerprint density at radius 1 is 1.33 bits per heavy atom. The molecule has 1 aliphatic heterocycles. The van der Waals surface area contributed by atoms with Crippen molar-refractivity contribution in [2.24, 2.45) is 11.7 Å². The summed E-state index contributed by atoms with van der Waals surface area (Å²) in [4.78, 5) is 25.4. The van der Waals surface area contributed by atoms with E-state index < -0.39 is 17.6 Å². The maximum atomic E-state index is 12.5. The molecule has 0 aromatic heterocycles. The van der Waals surface area contributed by atoms with Crippen molar-refractivity contribution in [3.63, 3.8) is 0 Å². The van der Waals surface area contributed by atoms with E-state index in [1.165, 1.54) is 0 Å². The SMILES string of the molecule is NC1(C(=O)N2C(C(=O)O)CSC2C2CC2)CCC1. The van der Waals surface area contributed by atoms with Crippen LogP contribution in [0.3, 0.4) is 0 Å². The first-order valence-corrected chi connectivity index (χ1v) is 7.54. The van der Waals surface area contributed by atoms with Crippen molar-refractivity contribution in [3.05, 3.63) is 0 Å². The largest absolute Gasteiger partial charge is 0.480 e. The van der Waals surface area contributed by atoms with Crippen LogP contribution in [0, 0.1) is 5.92 Å². The number of carboxylic acid groups (broad SMARTS) is 1. The van der Waals surface area contributed by atoms with Crippen LogP contribution in [0.1, 0.15) is 32.1 Å². The predicted octanol–water partition coefficient (Wildman–Crippen LogP) is 0.633. The second-order valence-corrected chi connectivity index (χ2v) is 6.79. The molecule has 1 saturated heterocycles. The van der Waals surface area contributed by atoms with Crippen molar-refractivity contribution in [2.45, 2.75) is 49.1 Å². The molecule has 0 bridgehead atoms. The van der Waals surface area contributed by atoms with Crippen molar-refractivity contribution in [3.8, 4) is 0 Å². The molecule has 5 nitrogen and oxygen atoms in total. The molecule has 18 heavy (non-hydrogen) atoms. The quantitative estimate of drug-likeness (QED) is 0.786. The molecule has 100 valence electrons. The van der Waals surface area contributed by atoms with Crippen molar-refractivity contribution >= 4 is 23.6 Å². The fourth-order valence-corrected chi connectivity index (χ4v) is 4.38. The Kier molecular flexibility index (Phi) is 2.82. The highest BCUT2D eigenvalue weighted by molar-refractivity contribution is 8.00. The Bertz CT molecular complexity index is 393. The van der Waals surface area contributed by atoms with Gasteiger partial charge in [-0.25, -0.2) is 4.79 Å². The summed E-state index contributed by atoms with van der Waals surface area (Å²) in [6.45, 7) is 0. The number of rotatable bonds is 3. The van der Waals surface area contributed by atoms with Crippen molar-refractivity contribution in [2.75, 3.05) is 5.75 Å². The summed E-state index contributed by atoms with van der Waals surface area (Å²) < 4.78 is 0. The second kappa shape index (κ2) is 4.13. The lowest BCUT2D eigenvalue weighted by Crippen LogP contribution is -2.63. The molecule has 2 unspecified atom stereocenters. The van der Waals surface area contributed by atoms with Crippen molar-refractivity contribution in [1.82, 2.24) is 4.90 Å². The number of aliphatic carboxylic acids is 1. The first-order chi connectivity index (χ1) is 8.53. The number of hydrogen-bond donors (Lipinski definition) is 2. The molecule has 0 spiro atoms. The number of hydrogen-bond acceptors (Lipinski definition) is 4. The molecule has 2 atom stereocenters. The predicted molar refractivity (Wildman–Crippen MR) is 68.0 cm³/mol. The van der Waals surface area contributed by atoms with Crippen molar-refractivity contribution < 1.29 is 14.7 Å². The minimum atomic E-state index is -0.901. The normalized spacial score (nSPS) is 34.2. The van der Waals surface area contributed by atoms with Gasteiger partial charge in [-0.15, -0.1) is 11.8 Å². The fourth-order valence-electron chi connectivity index (χ4n) is 2.75. The van der Waals surface area contributed by atoms with Gasteiger partial charge >= 0.3 is 5.97 Å². The molecule has 1 amide bonds. The van der Waals surface area contributed by atoms with Gasteiger partial charge in [0, 0.05) is 5.75 Å². The third-order valence-electron chi connectivity index (χ3n) is 4.25. The number of nitrogens with zero attached hydrogens (tertiary/aromatic N) is 1. The Morgan fingerprint density at radius 2 is 2.00 bits per heavy atom. The zero-order valence-corrected chi connectivity index (χ0v) is 11.0. The van der Waals surface area contributed by atoms with E-state index in [-0.39, 0.29) is 11.3 Å². The maximum absolute atomic E-state index is 12.5. The molecule has 3 rings (SSSR count). The van der Waals surface area contributed by atoms with Crippen molar-refractivity contribution in [1.29, 1.82) is 0 Å². The minimum Gasteiger partial charge on any atom is -0.480 e. The number of nitrogens with two attached hydrogens (primary N) is 1. The number of carboxylic acids is 1. The third-order valence-corrected chi connectivity index (χ3v) is 5.71. The van der Waals surface area contributed by atoms with E-state index in [9.17, 15) is 14.7 Å². The van der Waals surface area contributed by atoms with E-state index >= 15 is 0 Å². The molecule has 6 heteroatoms. The van der Waals surface area contributed by atoms with E-state index in [0.29, 0.717) is 24.5 Å². The Hall–Kier alpha value is -0.750. The standard InChI is InChI=1S/C12H18N2O3S/c13-12(4-1-5-12)11(17)14-8(10(15)16)6-18-9(14)7-2-3-7/h7-9H,1-6,13H2,(H,15,16). The number of carbonyl (C=O) groups excluding carboxylic acids is 1. The van der Waals surface area contributed by atoms with Crippen LogP contribution in [-0.2, 0) is 9.59 Å². The summed E-state index contributed by atoms with van der Waals surface area (Å²) in [5.74, 6) is -0.0600. The molecular formula is C12H18N2O3S. The van der Waals surface area contributed by atoms with E-state index in [2.05, 4.69) is 0 Å². The minimum absolute atomic E-state index is 0.0413. The van der Waals surface area contributed by atoms with Gasteiger partial charge in [0.2, 0.25) is 5.91 Å². The molecule has 3 N–H and O–H groups in total. The summed E-state index contributed by atoms with van der Waals surface area (Å²) in [7, 11) is 0. The van der Waals surface area contributed by atoms with Gasteiger partial charge in [-0.05, 0) is 38.0 Å². The van der Waals surface area contributed by atoms with Crippen LogP contribution in [0.5, 0.6) is 0 Å². The third kappa shape index (κ3) is 1.82. The van der Waals surface area contributed by atoms with E-state index in [1.54, 1.807) is 16.7 Å². The highest BCUT2D eigenvalue weighted by atomic mass is 32.2. The van der Waals surface area contributed by atoms with E-state index in [0.717, 1.165) is 19.3 Å². The maximum Gasteiger partial charge on any atom is 0.327 e. The van der Waals surface area contributed by atoms with Crippen LogP contribution < -0.4 is 5.73 Å². The monoisotopic (exact) mass is 270 g/mol. The number of thioether (sulfide) groups is 1. The van der Waals surface area contributed by atoms with Gasteiger partial charge in [0.15, 0.2) is 0 Å². The summed E-state index contributed by atoms with van der Waals surface area (Å²) in [6, 6.07) is -0.686. The average molecular weight is 270 g/mol. The van der Waals surface area contributed by atoms with Gasteiger partial charge in [-0.1, -0.05) is 0 Å². The Labute approximate surface area is 110 Å². The smallest absolute Gasteiger partial charge is 0.327 e. The van der Waals surface area contributed by atoms with Crippen LogP contribution in [0.15, 0.2) is 0 Å². The van der Waals surface area contributed by atoms with Gasteiger partial charge in [0.05, 0.1) is 10.9 Å². The Balaban J connectivity index is 1.83. The van der Waals surface area contributed by atoms with E-state index in [4.69, 9.17) is 5.73 Å². The molecule has 0 aromatic carbocycles. The number of carbonyl (C=O) groups is 2. The fraction of sp³-hybridized carbons (Fsp3) is 0.833. The van der Waals surface area contributed by atoms with Crippen LogP contribution in [-0.4, -0.2) is 44.6 Å². The van der Waals surface area contributed by atoms with Crippen LogP contribution in [0.4, 0.5) is 0 Å². The van der Waals surface area contributed by atoms with Crippen LogP contribution >= 0.6 is 11.8 Å². The van der Waals surface area contributed by atoms with Crippen LogP contribution in [0.2, 0.25) is 0 Å². The molecular weight excluding hydrogens is 252 g/mol. The lowest BCUT2D eigenvalue weighted by atomic mass is 9.76. The van der Waals surface area contributed by atoms with E-state index in [1.807, 2.05) is 0 Å². The summed E-state index contributed by atoms with van der Waals surface area (Å²) >= 11 is 1.61. The zero-order chi connectivity index (χ0) is 12.9. The first-order valence-electron chi connectivity index (χ1n) is 6.49. The molecule has 3 aliphatic rings. The molecule has 0 aromatic rings. The molecule has 2 saturated carbocycles. The summed E-state index contributed by atoms with van der Waals surface area (Å²) in [5.41, 5.74) is 5.29. The first kappa shape index (κ1) is 12.3. The van der Waals surface area contributed by atoms with Gasteiger partial charge in [-0.2, -0.15) is 0 Å². The highest BCUT2D eigenvalue weighted by Gasteiger charge is 2.53. The highest BCUT2D eigenvalue weighted by Crippen LogP contribution is 2.47. The van der Waals surface area contributed by atoms with Crippen LogP contribution in [0.25, 0.3) is 0 Å².